The van der Waals surface area contributed by atoms with Crippen LogP contribution in [0.15, 0.2) is 4.99 Å². The number of hydrogen-bond donors (Lipinski definition) is 2. The molecule has 0 amide bonds. The highest BCUT2D eigenvalue weighted by atomic mass is 127. The summed E-state index contributed by atoms with van der Waals surface area (Å²) in [6.07, 6.45) is 8.31. The summed E-state index contributed by atoms with van der Waals surface area (Å²) < 4.78 is 5.33. The maximum atomic E-state index is 5.33. The molecular formula is C16H32IN3O. The number of nitrogens with one attached hydrogen (secondary N) is 2. The van der Waals surface area contributed by atoms with Crippen molar-refractivity contribution < 1.29 is 4.74 Å². The highest BCUT2D eigenvalue weighted by Gasteiger charge is 2.38. The predicted octanol–water partition coefficient (Wildman–Crippen LogP) is 3.02. The minimum Gasteiger partial charge on any atom is -0.382 e. The van der Waals surface area contributed by atoms with Crippen LogP contribution in [0, 0.1) is 17.8 Å². The Balaban J connectivity index is 0.00000220. The maximum Gasteiger partial charge on any atom is 0.190 e. The van der Waals surface area contributed by atoms with Crippen LogP contribution in [-0.4, -0.2) is 39.3 Å². The third kappa shape index (κ3) is 6.30. The lowest BCUT2D eigenvalue weighted by atomic mass is 9.86. The molecule has 0 heterocycles. The van der Waals surface area contributed by atoms with E-state index in [1.165, 1.54) is 32.1 Å². The van der Waals surface area contributed by atoms with Crippen LogP contribution in [0.2, 0.25) is 0 Å². The molecule has 0 aromatic carbocycles. The lowest BCUT2D eigenvalue weighted by molar-refractivity contribution is 0.145. The Morgan fingerprint density at radius 1 is 1.19 bits per heavy atom. The van der Waals surface area contributed by atoms with Gasteiger partial charge in [0.05, 0.1) is 0 Å². The van der Waals surface area contributed by atoms with Gasteiger partial charge in [0.15, 0.2) is 5.96 Å². The molecule has 3 atom stereocenters. The number of ether oxygens (including phenoxy) is 1. The number of aliphatic imine (C=N–C) groups is 1. The number of hydrogen-bond acceptors (Lipinski definition) is 2. The molecule has 3 unspecified atom stereocenters. The first-order chi connectivity index (χ1) is 9.83. The van der Waals surface area contributed by atoms with Gasteiger partial charge in [-0.1, -0.05) is 6.42 Å². The van der Waals surface area contributed by atoms with Crippen molar-refractivity contribution in [2.45, 2.75) is 45.4 Å². The Kier molecular flexibility index (Phi) is 9.64. The zero-order valence-electron chi connectivity index (χ0n) is 13.6. The summed E-state index contributed by atoms with van der Waals surface area (Å²) >= 11 is 0. The highest BCUT2D eigenvalue weighted by molar-refractivity contribution is 14.0. The molecule has 2 saturated carbocycles. The summed E-state index contributed by atoms with van der Waals surface area (Å²) in [6, 6.07) is 0. The van der Waals surface area contributed by atoms with Gasteiger partial charge in [-0.3, -0.25) is 4.99 Å². The molecule has 2 bridgehead atoms. The van der Waals surface area contributed by atoms with E-state index in [1.807, 2.05) is 14.0 Å². The average Bonchev–Trinajstić information content (AvgIpc) is 3.07. The fraction of sp³-hybridized carbons (Fsp3) is 0.938. The third-order valence-electron chi connectivity index (χ3n) is 4.88. The molecule has 0 radical (unpaired) electrons. The van der Waals surface area contributed by atoms with E-state index >= 15 is 0 Å². The first kappa shape index (κ1) is 19.0. The Bertz CT molecular complexity index is 312. The van der Waals surface area contributed by atoms with Crippen LogP contribution < -0.4 is 10.6 Å². The fourth-order valence-electron chi connectivity index (χ4n) is 3.85. The fourth-order valence-corrected chi connectivity index (χ4v) is 3.85. The Morgan fingerprint density at radius 2 is 2.00 bits per heavy atom. The molecule has 0 aromatic rings. The molecule has 21 heavy (non-hydrogen) atoms. The van der Waals surface area contributed by atoms with E-state index < -0.39 is 0 Å². The minimum absolute atomic E-state index is 0. The van der Waals surface area contributed by atoms with Crippen LogP contribution in [0.1, 0.15) is 45.4 Å². The van der Waals surface area contributed by atoms with Crippen molar-refractivity contribution in [2.75, 3.05) is 33.4 Å². The second-order valence-corrected chi connectivity index (χ2v) is 6.20. The standard InChI is InChI=1S/C16H31N3O.HI/c1-3-20-10-4-8-18-16(17-2)19-9-7-15-12-13-5-6-14(15)11-13;/h13-15H,3-12H2,1-2H3,(H2,17,18,19);1H. The molecule has 0 aliphatic heterocycles. The van der Waals surface area contributed by atoms with Gasteiger partial charge in [0, 0.05) is 33.4 Å². The number of fused-ring (bicyclic) bond motifs is 2. The predicted molar refractivity (Wildman–Crippen MR) is 99.4 cm³/mol. The monoisotopic (exact) mass is 409 g/mol. The smallest absolute Gasteiger partial charge is 0.190 e. The van der Waals surface area contributed by atoms with Crippen LogP contribution in [0.5, 0.6) is 0 Å². The molecule has 2 aliphatic carbocycles. The van der Waals surface area contributed by atoms with Crippen LogP contribution in [0.25, 0.3) is 0 Å². The van der Waals surface area contributed by atoms with E-state index in [1.54, 1.807) is 0 Å². The highest BCUT2D eigenvalue weighted by Crippen LogP contribution is 2.49. The lowest BCUT2D eigenvalue weighted by Gasteiger charge is -2.22. The Labute approximate surface area is 146 Å². The van der Waals surface area contributed by atoms with E-state index in [2.05, 4.69) is 15.6 Å². The summed E-state index contributed by atoms with van der Waals surface area (Å²) in [7, 11) is 1.84. The zero-order valence-corrected chi connectivity index (χ0v) is 15.9. The van der Waals surface area contributed by atoms with Gasteiger partial charge < -0.3 is 15.4 Å². The number of halogens is 1. The van der Waals surface area contributed by atoms with Gasteiger partial charge in [-0.2, -0.15) is 0 Å². The van der Waals surface area contributed by atoms with Crippen molar-refractivity contribution in [1.82, 2.24) is 10.6 Å². The largest absolute Gasteiger partial charge is 0.382 e. The Hall–Kier alpha value is -0.0400. The topological polar surface area (TPSA) is 45.6 Å². The molecule has 0 spiro atoms. The first-order valence-electron chi connectivity index (χ1n) is 8.35. The van der Waals surface area contributed by atoms with Crippen LogP contribution in [0.4, 0.5) is 0 Å². The molecule has 2 fully saturated rings. The van der Waals surface area contributed by atoms with E-state index in [9.17, 15) is 0 Å². The molecule has 0 aromatic heterocycles. The molecule has 2 aliphatic rings. The van der Waals surface area contributed by atoms with E-state index in [4.69, 9.17) is 4.74 Å². The maximum absolute atomic E-state index is 5.33. The number of guanidine groups is 1. The van der Waals surface area contributed by atoms with Gasteiger partial charge in [-0.05, 0) is 56.8 Å². The second-order valence-electron chi connectivity index (χ2n) is 6.20. The summed E-state index contributed by atoms with van der Waals surface area (Å²) in [4.78, 5) is 4.27. The van der Waals surface area contributed by atoms with E-state index in [0.29, 0.717) is 0 Å². The van der Waals surface area contributed by atoms with Crippen molar-refractivity contribution in [3.05, 3.63) is 0 Å². The van der Waals surface area contributed by atoms with Gasteiger partial charge in [0.25, 0.3) is 0 Å². The molecule has 4 nitrogen and oxygen atoms in total. The summed E-state index contributed by atoms with van der Waals surface area (Å²) in [5.74, 6) is 3.99. The van der Waals surface area contributed by atoms with Crippen molar-refractivity contribution >= 4 is 29.9 Å². The molecule has 124 valence electrons. The summed E-state index contributed by atoms with van der Waals surface area (Å²) in [6.45, 7) is 5.64. The summed E-state index contributed by atoms with van der Waals surface area (Å²) in [5.41, 5.74) is 0. The lowest BCUT2D eigenvalue weighted by Crippen LogP contribution is -2.39. The zero-order chi connectivity index (χ0) is 14.2. The SMILES string of the molecule is CCOCCCNC(=NC)NCCC1CC2CCC1C2.I. The van der Waals surface area contributed by atoms with Crippen LogP contribution >= 0.6 is 24.0 Å². The van der Waals surface area contributed by atoms with Crippen molar-refractivity contribution in [3.8, 4) is 0 Å². The second kappa shape index (κ2) is 10.6. The molecular weight excluding hydrogens is 377 g/mol. The average molecular weight is 409 g/mol. The van der Waals surface area contributed by atoms with Gasteiger partial charge in [0.1, 0.15) is 0 Å². The van der Waals surface area contributed by atoms with Crippen molar-refractivity contribution in [2.24, 2.45) is 22.7 Å². The number of rotatable bonds is 8. The van der Waals surface area contributed by atoms with Crippen LogP contribution in [0.3, 0.4) is 0 Å². The first-order valence-corrected chi connectivity index (χ1v) is 8.35. The number of nitrogens with zero attached hydrogens (tertiary/aromatic N) is 1. The molecule has 0 saturated heterocycles. The van der Waals surface area contributed by atoms with Crippen molar-refractivity contribution in [3.63, 3.8) is 0 Å². The van der Waals surface area contributed by atoms with Crippen LogP contribution in [-0.2, 0) is 4.74 Å². The van der Waals surface area contributed by atoms with E-state index in [-0.39, 0.29) is 24.0 Å². The molecule has 5 heteroatoms. The van der Waals surface area contributed by atoms with Gasteiger partial charge in [-0.15, -0.1) is 24.0 Å². The van der Waals surface area contributed by atoms with Crippen molar-refractivity contribution in [1.29, 1.82) is 0 Å². The van der Waals surface area contributed by atoms with Gasteiger partial charge in [0.2, 0.25) is 0 Å². The minimum atomic E-state index is 0. The van der Waals surface area contributed by atoms with Gasteiger partial charge >= 0.3 is 0 Å². The Morgan fingerprint density at radius 3 is 2.62 bits per heavy atom. The molecule has 2 rings (SSSR count). The normalized spacial score (nSPS) is 27.5. The third-order valence-corrected chi connectivity index (χ3v) is 4.88. The quantitative estimate of drug-likeness (QED) is 0.280. The van der Waals surface area contributed by atoms with E-state index in [0.717, 1.165) is 56.4 Å². The van der Waals surface area contributed by atoms with Gasteiger partial charge in [-0.25, -0.2) is 0 Å². The molecule has 2 N–H and O–H groups in total. The summed E-state index contributed by atoms with van der Waals surface area (Å²) in [5, 5.41) is 6.79.